The maximum atomic E-state index is 12.6. The van der Waals surface area contributed by atoms with Gasteiger partial charge in [-0.2, -0.15) is 0 Å². The second-order valence-corrected chi connectivity index (χ2v) is 7.31. The van der Waals surface area contributed by atoms with Crippen molar-refractivity contribution in [3.63, 3.8) is 0 Å². The van der Waals surface area contributed by atoms with Crippen LogP contribution in [0, 0.1) is 0 Å². The predicted molar refractivity (Wildman–Crippen MR) is 108 cm³/mol. The van der Waals surface area contributed by atoms with E-state index in [-0.39, 0.29) is 11.9 Å². The van der Waals surface area contributed by atoms with Crippen LogP contribution in [0.5, 0.6) is 0 Å². The third-order valence-electron chi connectivity index (χ3n) is 5.16. The molecule has 1 aliphatic rings. The number of hydrogen-bond acceptors (Lipinski definition) is 5. The third-order valence-corrected chi connectivity index (χ3v) is 5.41. The molecule has 1 aromatic heterocycles. The summed E-state index contributed by atoms with van der Waals surface area (Å²) in [6.45, 7) is 5.84. The lowest BCUT2D eigenvalue weighted by Gasteiger charge is -2.35. The molecule has 7 heteroatoms. The number of benzene rings is 1. The van der Waals surface area contributed by atoms with Crippen molar-refractivity contribution < 1.29 is 4.79 Å². The molecule has 0 N–H and O–H groups in total. The fourth-order valence-corrected chi connectivity index (χ4v) is 3.36. The summed E-state index contributed by atoms with van der Waals surface area (Å²) in [6.07, 6.45) is 4.02. The molecule has 2 aromatic rings. The zero-order chi connectivity index (χ0) is 19.2. The minimum Gasteiger partial charge on any atom is -0.339 e. The van der Waals surface area contributed by atoms with Crippen molar-refractivity contribution in [2.75, 3.05) is 44.7 Å². The van der Waals surface area contributed by atoms with Gasteiger partial charge in [-0.3, -0.25) is 9.69 Å². The quantitative estimate of drug-likeness (QED) is 0.762. The van der Waals surface area contributed by atoms with E-state index in [0.29, 0.717) is 19.5 Å². The Bertz CT molecular complexity index is 732. The van der Waals surface area contributed by atoms with Gasteiger partial charge in [-0.05, 0) is 37.7 Å². The van der Waals surface area contributed by atoms with E-state index in [1.807, 2.05) is 35.2 Å². The Morgan fingerprint density at radius 2 is 1.78 bits per heavy atom. The van der Waals surface area contributed by atoms with Crippen LogP contribution in [0.2, 0.25) is 5.02 Å². The second-order valence-electron chi connectivity index (χ2n) is 6.87. The Hall–Kier alpha value is -2.18. The van der Waals surface area contributed by atoms with Crippen molar-refractivity contribution in [1.82, 2.24) is 19.8 Å². The van der Waals surface area contributed by atoms with Gasteiger partial charge in [0.25, 0.3) is 0 Å². The van der Waals surface area contributed by atoms with Crippen LogP contribution < -0.4 is 4.90 Å². The summed E-state index contributed by atoms with van der Waals surface area (Å²) in [4.78, 5) is 27.4. The molecule has 1 atom stereocenters. The lowest BCUT2D eigenvalue weighted by Crippen LogP contribution is -2.49. The number of hydrogen-bond donors (Lipinski definition) is 0. The molecule has 0 aliphatic carbocycles. The van der Waals surface area contributed by atoms with E-state index in [0.717, 1.165) is 30.6 Å². The number of aromatic nitrogens is 2. The number of carbonyl (C=O) groups excluding carboxylic acids is 1. The molecule has 2 heterocycles. The van der Waals surface area contributed by atoms with Crippen molar-refractivity contribution in [3.8, 4) is 0 Å². The first-order valence-corrected chi connectivity index (χ1v) is 9.68. The number of nitrogens with zero attached hydrogens (tertiary/aromatic N) is 5. The summed E-state index contributed by atoms with van der Waals surface area (Å²) < 4.78 is 0. The highest BCUT2D eigenvalue weighted by atomic mass is 35.5. The molecular formula is C20H26ClN5O. The highest BCUT2D eigenvalue weighted by molar-refractivity contribution is 6.30. The molecule has 0 radical (unpaired) electrons. The van der Waals surface area contributed by atoms with Crippen molar-refractivity contribution in [3.05, 3.63) is 53.3 Å². The second kappa shape index (κ2) is 9.15. The van der Waals surface area contributed by atoms with Crippen LogP contribution in [0.25, 0.3) is 0 Å². The summed E-state index contributed by atoms with van der Waals surface area (Å²) in [5.74, 6) is 0.944. The van der Waals surface area contributed by atoms with Crippen LogP contribution in [0.1, 0.15) is 24.9 Å². The normalized spacial score (nSPS) is 15.9. The fraction of sp³-hybridized carbons (Fsp3) is 0.450. The van der Waals surface area contributed by atoms with E-state index < -0.39 is 0 Å². The van der Waals surface area contributed by atoms with Gasteiger partial charge in [0, 0.05) is 62.6 Å². The van der Waals surface area contributed by atoms with Gasteiger partial charge in [-0.25, -0.2) is 9.97 Å². The van der Waals surface area contributed by atoms with Crippen LogP contribution in [0.15, 0.2) is 42.7 Å². The molecule has 1 saturated heterocycles. The van der Waals surface area contributed by atoms with E-state index in [9.17, 15) is 4.79 Å². The predicted octanol–water partition coefficient (Wildman–Crippen LogP) is 2.86. The first kappa shape index (κ1) is 19.6. The first-order valence-electron chi connectivity index (χ1n) is 9.30. The number of amides is 1. The van der Waals surface area contributed by atoms with E-state index >= 15 is 0 Å². The number of carbonyl (C=O) groups is 1. The van der Waals surface area contributed by atoms with Gasteiger partial charge in [0.1, 0.15) is 0 Å². The van der Waals surface area contributed by atoms with Crippen molar-refractivity contribution in [2.45, 2.75) is 19.4 Å². The first-order chi connectivity index (χ1) is 13.0. The minimum atomic E-state index is 0.207. The number of halogens is 1. The fourth-order valence-electron chi connectivity index (χ4n) is 3.23. The highest BCUT2D eigenvalue weighted by Gasteiger charge is 2.23. The summed E-state index contributed by atoms with van der Waals surface area (Å²) >= 11 is 5.96. The summed E-state index contributed by atoms with van der Waals surface area (Å²) in [5.41, 5.74) is 1.20. The topological polar surface area (TPSA) is 52.6 Å². The van der Waals surface area contributed by atoms with Crippen LogP contribution in [0.3, 0.4) is 0 Å². The largest absolute Gasteiger partial charge is 0.339 e. The minimum absolute atomic E-state index is 0.207. The van der Waals surface area contributed by atoms with Gasteiger partial charge in [0.15, 0.2) is 0 Å². The summed E-state index contributed by atoms with van der Waals surface area (Å²) in [5, 5.41) is 0.740. The van der Waals surface area contributed by atoms with Gasteiger partial charge in [-0.1, -0.05) is 23.7 Å². The molecule has 1 amide bonds. The smallest absolute Gasteiger partial charge is 0.225 e. The Morgan fingerprint density at radius 3 is 2.41 bits per heavy atom. The van der Waals surface area contributed by atoms with Crippen molar-refractivity contribution in [2.24, 2.45) is 0 Å². The van der Waals surface area contributed by atoms with Crippen LogP contribution in [0.4, 0.5) is 5.95 Å². The Kier molecular flexibility index (Phi) is 6.63. The zero-order valence-corrected chi connectivity index (χ0v) is 16.6. The molecule has 144 valence electrons. The SMILES string of the molecule is CC(c1ccc(Cl)cc1)N(C)CCC(=O)N1CCN(c2ncccn2)CC1. The number of anilines is 1. The molecule has 3 rings (SSSR count). The van der Waals surface area contributed by atoms with Crippen LogP contribution in [-0.2, 0) is 4.79 Å². The molecule has 0 saturated carbocycles. The van der Waals surface area contributed by atoms with Gasteiger partial charge in [0.2, 0.25) is 11.9 Å². The third kappa shape index (κ3) is 5.17. The summed E-state index contributed by atoms with van der Waals surface area (Å²) in [6, 6.07) is 9.93. The lowest BCUT2D eigenvalue weighted by molar-refractivity contribution is -0.131. The molecule has 6 nitrogen and oxygen atoms in total. The van der Waals surface area contributed by atoms with E-state index in [1.54, 1.807) is 12.4 Å². The van der Waals surface area contributed by atoms with Crippen molar-refractivity contribution in [1.29, 1.82) is 0 Å². The lowest BCUT2D eigenvalue weighted by atomic mass is 10.1. The number of rotatable bonds is 6. The highest BCUT2D eigenvalue weighted by Crippen LogP contribution is 2.21. The summed E-state index contributed by atoms with van der Waals surface area (Å²) in [7, 11) is 2.05. The molecule has 27 heavy (non-hydrogen) atoms. The van der Waals surface area contributed by atoms with Crippen LogP contribution in [-0.4, -0.2) is 65.4 Å². The maximum absolute atomic E-state index is 12.6. The Morgan fingerprint density at radius 1 is 1.15 bits per heavy atom. The van der Waals surface area contributed by atoms with Gasteiger partial charge >= 0.3 is 0 Å². The molecular weight excluding hydrogens is 362 g/mol. The Labute approximate surface area is 165 Å². The zero-order valence-electron chi connectivity index (χ0n) is 15.9. The van der Waals surface area contributed by atoms with E-state index in [4.69, 9.17) is 11.6 Å². The van der Waals surface area contributed by atoms with E-state index in [1.165, 1.54) is 5.56 Å². The monoisotopic (exact) mass is 387 g/mol. The number of piperazine rings is 1. The molecule has 0 spiro atoms. The average molecular weight is 388 g/mol. The van der Waals surface area contributed by atoms with Gasteiger partial charge in [-0.15, -0.1) is 0 Å². The molecule has 1 fully saturated rings. The van der Waals surface area contributed by atoms with Crippen LogP contribution >= 0.6 is 11.6 Å². The molecule has 1 unspecified atom stereocenters. The van der Waals surface area contributed by atoms with E-state index in [2.05, 4.69) is 33.7 Å². The van der Waals surface area contributed by atoms with Gasteiger partial charge < -0.3 is 9.80 Å². The van der Waals surface area contributed by atoms with Crippen molar-refractivity contribution >= 4 is 23.5 Å². The molecule has 0 bridgehead atoms. The standard InChI is InChI=1S/C20H26ClN5O/c1-16(17-4-6-18(21)7-5-17)24(2)11-8-19(27)25-12-14-26(15-13-25)20-22-9-3-10-23-20/h3-7,9-10,16H,8,11-15H2,1-2H3. The Balaban J connectivity index is 1.45. The average Bonchev–Trinajstić information content (AvgIpc) is 2.72. The maximum Gasteiger partial charge on any atom is 0.225 e. The molecule has 1 aliphatic heterocycles. The van der Waals surface area contributed by atoms with Gasteiger partial charge in [0.05, 0.1) is 0 Å². The molecule has 1 aromatic carbocycles.